The minimum atomic E-state index is 0.310. The van der Waals surface area contributed by atoms with Crippen molar-refractivity contribution < 1.29 is 0 Å². The molecule has 0 radical (unpaired) electrons. The molecule has 1 aliphatic heterocycles. The van der Waals surface area contributed by atoms with Gasteiger partial charge in [0, 0.05) is 18.5 Å². The minimum Gasteiger partial charge on any atom is -0.316 e. The average Bonchev–Trinajstić information content (AvgIpc) is 2.27. The highest BCUT2D eigenvalue weighted by Crippen LogP contribution is 2.29. The number of nitrogens with zero attached hydrogens (tertiary/aromatic N) is 1. The fraction of sp³-hybridized carbons (Fsp3) is 1.00. The summed E-state index contributed by atoms with van der Waals surface area (Å²) >= 11 is 6.14. The van der Waals surface area contributed by atoms with Gasteiger partial charge in [-0.3, -0.25) is 4.90 Å². The number of hydrogen-bond donors (Lipinski definition) is 1. The zero-order chi connectivity index (χ0) is 11.5. The second-order valence-electron chi connectivity index (χ2n) is 5.82. The number of hydrogen-bond acceptors (Lipinski definition) is 2. The van der Waals surface area contributed by atoms with Crippen molar-refractivity contribution in [2.45, 2.75) is 57.0 Å². The van der Waals surface area contributed by atoms with Crippen LogP contribution in [0.1, 0.15) is 45.4 Å². The fourth-order valence-corrected chi connectivity index (χ4v) is 3.36. The van der Waals surface area contributed by atoms with E-state index in [4.69, 9.17) is 17.3 Å². The molecule has 1 saturated heterocycles. The van der Waals surface area contributed by atoms with Crippen molar-refractivity contribution in [2.24, 2.45) is 17.6 Å². The van der Waals surface area contributed by atoms with E-state index in [9.17, 15) is 0 Å². The molecule has 16 heavy (non-hydrogen) atoms. The minimum absolute atomic E-state index is 0.310. The third-order valence-corrected chi connectivity index (χ3v) is 4.68. The third-order valence-electron chi connectivity index (χ3n) is 4.24. The van der Waals surface area contributed by atoms with Crippen LogP contribution in [0, 0.1) is 11.8 Å². The number of nitrogens with two attached hydrogens (primary N) is 1. The van der Waals surface area contributed by atoms with Gasteiger partial charge >= 0.3 is 0 Å². The van der Waals surface area contributed by atoms with Gasteiger partial charge < -0.3 is 5.73 Å². The molecule has 0 aromatic rings. The average molecular weight is 245 g/mol. The highest BCUT2D eigenvalue weighted by atomic mass is 35.5. The Labute approximate surface area is 105 Å². The summed E-state index contributed by atoms with van der Waals surface area (Å²) in [6.45, 7) is 4.74. The van der Waals surface area contributed by atoms with Crippen LogP contribution in [0.5, 0.6) is 0 Å². The highest BCUT2D eigenvalue weighted by molar-refractivity contribution is 6.20. The SMILES string of the molecule is CC1CCC(N)N(CC2CCC(Cl)CC2)C1. The Morgan fingerprint density at radius 1 is 1.12 bits per heavy atom. The number of likely N-dealkylation sites (tertiary alicyclic amines) is 1. The summed E-state index contributed by atoms with van der Waals surface area (Å²) in [5.74, 6) is 1.66. The Balaban J connectivity index is 1.79. The lowest BCUT2D eigenvalue weighted by Crippen LogP contribution is -2.50. The third kappa shape index (κ3) is 3.35. The topological polar surface area (TPSA) is 29.3 Å². The molecule has 2 atom stereocenters. The van der Waals surface area contributed by atoms with E-state index in [1.165, 1.54) is 51.6 Å². The monoisotopic (exact) mass is 244 g/mol. The molecule has 0 amide bonds. The molecule has 2 N–H and O–H groups in total. The maximum absolute atomic E-state index is 6.19. The fourth-order valence-electron chi connectivity index (χ4n) is 3.11. The first-order valence-electron chi connectivity index (χ1n) is 6.79. The van der Waals surface area contributed by atoms with Crippen LogP contribution in [-0.4, -0.2) is 29.5 Å². The summed E-state index contributed by atoms with van der Waals surface area (Å²) in [6, 6.07) is 0. The first-order valence-corrected chi connectivity index (χ1v) is 7.22. The lowest BCUT2D eigenvalue weighted by atomic mass is 9.87. The highest BCUT2D eigenvalue weighted by Gasteiger charge is 2.27. The van der Waals surface area contributed by atoms with Crippen LogP contribution in [0.15, 0.2) is 0 Å². The molecule has 2 fully saturated rings. The molecule has 2 nitrogen and oxygen atoms in total. The van der Waals surface area contributed by atoms with Gasteiger partial charge in [-0.2, -0.15) is 0 Å². The number of alkyl halides is 1. The lowest BCUT2D eigenvalue weighted by molar-refractivity contribution is 0.0895. The van der Waals surface area contributed by atoms with E-state index in [2.05, 4.69) is 11.8 Å². The lowest BCUT2D eigenvalue weighted by Gasteiger charge is -2.39. The predicted molar refractivity (Wildman–Crippen MR) is 69.5 cm³/mol. The second kappa shape index (κ2) is 5.70. The standard InChI is InChI=1S/C13H25ClN2/c1-10-2-7-13(15)16(8-10)9-11-3-5-12(14)6-4-11/h10-13H,2-9,15H2,1H3. The Bertz CT molecular complexity index is 214. The molecular weight excluding hydrogens is 220 g/mol. The van der Waals surface area contributed by atoms with Crippen molar-refractivity contribution in [2.75, 3.05) is 13.1 Å². The molecule has 1 heterocycles. The van der Waals surface area contributed by atoms with Crippen molar-refractivity contribution in [3.05, 3.63) is 0 Å². The molecule has 0 aromatic carbocycles. The van der Waals surface area contributed by atoms with Gasteiger partial charge in [0.15, 0.2) is 0 Å². The summed E-state index contributed by atoms with van der Waals surface area (Å²) in [7, 11) is 0. The van der Waals surface area contributed by atoms with Crippen LogP contribution in [-0.2, 0) is 0 Å². The number of halogens is 1. The number of rotatable bonds is 2. The van der Waals surface area contributed by atoms with Crippen LogP contribution in [0.25, 0.3) is 0 Å². The van der Waals surface area contributed by atoms with Gasteiger partial charge in [0.1, 0.15) is 0 Å². The van der Waals surface area contributed by atoms with Crippen LogP contribution in [0.4, 0.5) is 0 Å². The molecule has 0 bridgehead atoms. The summed E-state index contributed by atoms with van der Waals surface area (Å²) < 4.78 is 0. The van der Waals surface area contributed by atoms with Crippen LogP contribution in [0.3, 0.4) is 0 Å². The van der Waals surface area contributed by atoms with Gasteiger partial charge in [0.05, 0.1) is 6.17 Å². The molecule has 1 aliphatic carbocycles. The van der Waals surface area contributed by atoms with Crippen LogP contribution < -0.4 is 5.73 Å². The van der Waals surface area contributed by atoms with E-state index < -0.39 is 0 Å². The smallest absolute Gasteiger partial charge is 0.0572 e. The molecule has 94 valence electrons. The number of piperidine rings is 1. The second-order valence-corrected chi connectivity index (χ2v) is 6.44. The summed E-state index contributed by atoms with van der Waals surface area (Å²) in [5.41, 5.74) is 6.19. The Hall–Kier alpha value is 0.210. The molecule has 1 saturated carbocycles. The quantitative estimate of drug-likeness (QED) is 0.757. The molecular formula is C13H25ClN2. The van der Waals surface area contributed by atoms with E-state index in [1.807, 2.05) is 0 Å². The molecule has 2 aliphatic rings. The van der Waals surface area contributed by atoms with E-state index >= 15 is 0 Å². The molecule has 2 rings (SSSR count). The zero-order valence-electron chi connectivity index (χ0n) is 10.4. The maximum atomic E-state index is 6.19. The van der Waals surface area contributed by atoms with Gasteiger partial charge in [0.2, 0.25) is 0 Å². The van der Waals surface area contributed by atoms with Crippen LogP contribution in [0.2, 0.25) is 0 Å². The summed E-state index contributed by atoms with van der Waals surface area (Å²) in [4.78, 5) is 2.51. The normalized spacial score (nSPS) is 42.2. The van der Waals surface area contributed by atoms with Gasteiger partial charge in [-0.1, -0.05) is 6.92 Å². The Kier molecular flexibility index (Phi) is 4.51. The Morgan fingerprint density at radius 2 is 1.81 bits per heavy atom. The molecule has 0 spiro atoms. The van der Waals surface area contributed by atoms with Gasteiger partial charge in [-0.05, 0) is 50.4 Å². The van der Waals surface area contributed by atoms with Gasteiger partial charge in [-0.25, -0.2) is 0 Å². The van der Waals surface area contributed by atoms with Crippen molar-refractivity contribution in [3.8, 4) is 0 Å². The molecule has 2 unspecified atom stereocenters. The van der Waals surface area contributed by atoms with Crippen molar-refractivity contribution >= 4 is 11.6 Å². The van der Waals surface area contributed by atoms with E-state index in [0.29, 0.717) is 11.5 Å². The van der Waals surface area contributed by atoms with Crippen molar-refractivity contribution in [1.82, 2.24) is 4.90 Å². The first-order chi connectivity index (χ1) is 7.65. The Morgan fingerprint density at radius 3 is 2.50 bits per heavy atom. The maximum Gasteiger partial charge on any atom is 0.0572 e. The van der Waals surface area contributed by atoms with Crippen LogP contribution >= 0.6 is 11.6 Å². The van der Waals surface area contributed by atoms with E-state index in [-0.39, 0.29) is 0 Å². The van der Waals surface area contributed by atoms with Crippen molar-refractivity contribution in [1.29, 1.82) is 0 Å². The summed E-state index contributed by atoms with van der Waals surface area (Å²) in [5, 5.41) is 0.435. The predicted octanol–water partition coefficient (Wildman–Crippen LogP) is 2.80. The molecule has 3 heteroatoms. The zero-order valence-corrected chi connectivity index (χ0v) is 11.1. The summed E-state index contributed by atoms with van der Waals surface area (Å²) in [6.07, 6.45) is 7.77. The first kappa shape index (κ1) is 12.7. The van der Waals surface area contributed by atoms with Gasteiger partial charge in [-0.15, -0.1) is 11.6 Å². The molecule has 0 aromatic heterocycles. The van der Waals surface area contributed by atoms with E-state index in [0.717, 1.165) is 11.8 Å². The van der Waals surface area contributed by atoms with E-state index in [1.54, 1.807) is 0 Å². The largest absolute Gasteiger partial charge is 0.316 e. The van der Waals surface area contributed by atoms with Gasteiger partial charge in [0.25, 0.3) is 0 Å². The van der Waals surface area contributed by atoms with Crippen molar-refractivity contribution in [3.63, 3.8) is 0 Å².